The average Bonchev–Trinajstić information content (AvgIpc) is 2.11. The lowest BCUT2D eigenvalue weighted by atomic mass is 10.2. The van der Waals surface area contributed by atoms with E-state index in [1.807, 2.05) is 51.3 Å². The highest BCUT2D eigenvalue weighted by Crippen LogP contribution is 2.27. The molecule has 0 atom stereocenters. The Morgan fingerprint density at radius 3 is 2.64 bits per heavy atom. The van der Waals surface area contributed by atoms with E-state index in [2.05, 4.69) is 4.98 Å². The van der Waals surface area contributed by atoms with E-state index in [1.54, 1.807) is 0 Å². The maximum atomic E-state index is 12.5. The summed E-state index contributed by atoms with van der Waals surface area (Å²) in [6.07, 6.45) is -2.46. The molecule has 2 nitrogen and oxygen atoms in total. The van der Waals surface area contributed by atoms with Crippen molar-refractivity contribution in [2.45, 2.75) is 12.8 Å². The molecule has 1 aromatic heterocycles. The van der Waals surface area contributed by atoms with Gasteiger partial charge in [-0.2, -0.15) is 5.26 Å². The van der Waals surface area contributed by atoms with E-state index in [9.17, 15) is 8.78 Å². The molecule has 74 valence electrons. The Bertz CT molecular complexity index is 388. The molecule has 14 heavy (non-hydrogen) atoms. The van der Waals surface area contributed by atoms with E-state index in [0.29, 0.717) is 13.0 Å². The number of aromatic nitrogens is 1. The molecule has 0 bridgehead atoms. The minimum atomic E-state index is -2.52. The summed E-state index contributed by atoms with van der Waals surface area (Å²) >= 11 is 3.72. The summed E-state index contributed by atoms with van der Waals surface area (Å²) in [4.78, 5) is 4.03. The smallest absolute Gasteiger partial charge is 0.245 e. The van der Waals surface area contributed by atoms with Crippen LogP contribution in [0.4, 0.5) is 8.78 Å². The normalized spacial score (nSPS) is 10.3. The molecule has 1 aromatic rings. The van der Waals surface area contributed by atoms with Gasteiger partial charge in [0.15, 0.2) is 0 Å². The predicted molar refractivity (Wildman–Crippen MR) is 63.9 cm³/mol. The highest BCUT2D eigenvalue weighted by atomic mass is 127. The first-order valence-corrected chi connectivity index (χ1v) is 5.72. The van der Waals surface area contributed by atoms with Crippen LogP contribution in [-0.4, -0.2) is 4.98 Å². The molecule has 0 saturated carbocycles. The number of nitriles is 1. The summed E-state index contributed by atoms with van der Waals surface area (Å²) in [6, 6.07) is 3.17. The first-order chi connectivity index (χ1) is 6.56. The van der Waals surface area contributed by atoms with Crippen molar-refractivity contribution in [2.75, 3.05) is 0 Å². The van der Waals surface area contributed by atoms with E-state index in [1.165, 1.54) is 6.07 Å². The van der Waals surface area contributed by atoms with Crippen LogP contribution >= 0.6 is 45.2 Å². The average molecular weight is 420 g/mol. The highest BCUT2D eigenvalue weighted by molar-refractivity contribution is 14.1. The maximum absolute atomic E-state index is 12.5. The summed E-state index contributed by atoms with van der Waals surface area (Å²) < 4.78 is 26.0. The molecule has 0 unspecified atom stereocenters. The molecule has 0 fully saturated rings. The fourth-order valence-corrected chi connectivity index (χ4v) is 2.03. The second-order valence-corrected chi connectivity index (χ2v) is 4.54. The minimum absolute atomic E-state index is 0.0461. The Hall–Kier alpha value is -0.0400. The van der Waals surface area contributed by atoms with Crippen molar-refractivity contribution in [2.24, 2.45) is 0 Å². The predicted octanol–water partition coefficient (Wildman–Crippen LogP) is 3.29. The van der Waals surface area contributed by atoms with E-state index < -0.39 is 6.43 Å². The number of hydrogen-bond donors (Lipinski definition) is 0. The third-order valence-electron chi connectivity index (χ3n) is 1.49. The zero-order valence-electron chi connectivity index (χ0n) is 6.77. The van der Waals surface area contributed by atoms with Gasteiger partial charge in [0.1, 0.15) is 3.70 Å². The summed E-state index contributed by atoms with van der Waals surface area (Å²) in [7, 11) is 0. The molecular weight excluding hydrogens is 416 g/mol. The third kappa shape index (κ3) is 2.73. The molecule has 0 N–H and O–H groups in total. The van der Waals surface area contributed by atoms with Crippen molar-refractivity contribution in [3.63, 3.8) is 0 Å². The molecule has 0 aliphatic heterocycles. The Labute approximate surface area is 107 Å². The summed E-state index contributed by atoms with van der Waals surface area (Å²) in [5.74, 6) is 0. The van der Waals surface area contributed by atoms with Gasteiger partial charge in [-0.05, 0) is 51.2 Å². The van der Waals surface area contributed by atoms with Crippen LogP contribution in [0.2, 0.25) is 0 Å². The summed E-state index contributed by atoms with van der Waals surface area (Å²) in [6.45, 7) is 0. The SMILES string of the molecule is N#CCc1cc(C(F)F)c(I)c(I)n1. The molecule has 1 heterocycles. The van der Waals surface area contributed by atoms with Gasteiger partial charge in [-0.15, -0.1) is 0 Å². The molecule has 0 aromatic carbocycles. The number of alkyl halides is 2. The zero-order valence-corrected chi connectivity index (χ0v) is 11.1. The van der Waals surface area contributed by atoms with Crippen molar-refractivity contribution in [3.8, 4) is 6.07 Å². The van der Waals surface area contributed by atoms with Crippen LogP contribution in [0.3, 0.4) is 0 Å². The molecule has 0 aliphatic carbocycles. The minimum Gasteiger partial charge on any atom is -0.245 e. The highest BCUT2D eigenvalue weighted by Gasteiger charge is 2.16. The van der Waals surface area contributed by atoms with Gasteiger partial charge >= 0.3 is 0 Å². The molecule has 0 saturated heterocycles. The first-order valence-electron chi connectivity index (χ1n) is 3.56. The van der Waals surface area contributed by atoms with E-state index in [0.717, 1.165) is 0 Å². The quantitative estimate of drug-likeness (QED) is 0.544. The number of pyridine rings is 1. The largest absolute Gasteiger partial charge is 0.265 e. The third-order valence-corrected chi connectivity index (χ3v) is 4.44. The van der Waals surface area contributed by atoms with E-state index in [4.69, 9.17) is 5.26 Å². The van der Waals surface area contributed by atoms with Crippen LogP contribution in [0.1, 0.15) is 17.7 Å². The number of hydrogen-bond acceptors (Lipinski definition) is 2. The topological polar surface area (TPSA) is 36.7 Å². The molecule has 6 heteroatoms. The van der Waals surface area contributed by atoms with Gasteiger partial charge in [0, 0.05) is 5.56 Å². The van der Waals surface area contributed by atoms with Crippen molar-refractivity contribution >= 4 is 45.2 Å². The molecule has 0 spiro atoms. The van der Waals surface area contributed by atoms with Gasteiger partial charge in [-0.1, -0.05) is 0 Å². The van der Waals surface area contributed by atoms with Gasteiger partial charge in [0.05, 0.1) is 21.8 Å². The lowest BCUT2D eigenvalue weighted by molar-refractivity contribution is 0.150. The van der Waals surface area contributed by atoms with Crippen molar-refractivity contribution in [1.82, 2.24) is 4.98 Å². The number of nitrogens with zero attached hydrogens (tertiary/aromatic N) is 2. The van der Waals surface area contributed by atoms with Crippen LogP contribution in [0.5, 0.6) is 0 Å². The monoisotopic (exact) mass is 420 g/mol. The van der Waals surface area contributed by atoms with Gasteiger partial charge in [-0.3, -0.25) is 0 Å². The van der Waals surface area contributed by atoms with Crippen molar-refractivity contribution in [3.05, 3.63) is 24.6 Å². The van der Waals surface area contributed by atoms with E-state index in [-0.39, 0.29) is 12.0 Å². The first kappa shape index (κ1) is 12.0. The maximum Gasteiger partial charge on any atom is 0.265 e. The van der Waals surface area contributed by atoms with Gasteiger partial charge in [-0.25, -0.2) is 13.8 Å². The fraction of sp³-hybridized carbons (Fsp3) is 0.250. The Balaban J connectivity index is 3.22. The molecule has 1 rings (SSSR count). The molecule has 0 radical (unpaired) electrons. The lowest BCUT2D eigenvalue weighted by Crippen LogP contribution is -2.00. The Morgan fingerprint density at radius 2 is 2.14 bits per heavy atom. The van der Waals surface area contributed by atoms with Crippen LogP contribution in [0.25, 0.3) is 0 Å². The molecule has 0 amide bonds. The van der Waals surface area contributed by atoms with Crippen LogP contribution in [-0.2, 0) is 6.42 Å². The number of rotatable bonds is 2. The lowest BCUT2D eigenvalue weighted by Gasteiger charge is -2.06. The van der Waals surface area contributed by atoms with Crippen molar-refractivity contribution < 1.29 is 8.78 Å². The van der Waals surface area contributed by atoms with Crippen LogP contribution in [0.15, 0.2) is 6.07 Å². The second kappa shape index (κ2) is 5.16. The van der Waals surface area contributed by atoms with Gasteiger partial charge in [0.25, 0.3) is 6.43 Å². The molecule has 0 aliphatic rings. The standard InChI is InChI=1S/C8H4F2I2N2/c9-7(10)5-3-4(1-2-13)14-8(12)6(5)11/h3,7H,1H2. The van der Waals surface area contributed by atoms with E-state index >= 15 is 0 Å². The molecular formula is C8H4F2I2N2. The van der Waals surface area contributed by atoms with Crippen LogP contribution < -0.4 is 0 Å². The Kier molecular flexibility index (Phi) is 4.43. The summed E-state index contributed by atoms with van der Waals surface area (Å²) in [5, 5.41) is 8.43. The fourth-order valence-electron chi connectivity index (χ4n) is 0.900. The Morgan fingerprint density at radius 1 is 1.50 bits per heavy atom. The second-order valence-electron chi connectivity index (χ2n) is 2.44. The zero-order chi connectivity index (χ0) is 10.7. The van der Waals surface area contributed by atoms with Crippen LogP contribution in [0, 0.1) is 18.6 Å². The van der Waals surface area contributed by atoms with Crippen molar-refractivity contribution in [1.29, 1.82) is 5.26 Å². The van der Waals surface area contributed by atoms with Gasteiger partial charge < -0.3 is 0 Å². The van der Waals surface area contributed by atoms with Gasteiger partial charge in [0.2, 0.25) is 0 Å². The number of halogens is 4. The summed E-state index contributed by atoms with van der Waals surface area (Å²) in [5.41, 5.74) is 0.350.